The lowest BCUT2D eigenvalue weighted by molar-refractivity contribution is 0.574. The van der Waals surface area contributed by atoms with Gasteiger partial charge in [-0.3, -0.25) is 0 Å². The second kappa shape index (κ2) is 5.98. The van der Waals surface area contributed by atoms with Crippen molar-refractivity contribution in [3.05, 3.63) is 70.0 Å². The van der Waals surface area contributed by atoms with E-state index in [-0.39, 0.29) is 11.9 Å². The Hall–Kier alpha value is -1.67. The largest absolute Gasteiger partial charge is 0.313 e. The van der Waals surface area contributed by atoms with Crippen LogP contribution in [-0.2, 0) is 19.3 Å². The maximum absolute atomic E-state index is 13.5. The Morgan fingerprint density at radius 2 is 1.90 bits per heavy atom. The molecule has 0 aromatic heterocycles. The molecule has 0 amide bonds. The van der Waals surface area contributed by atoms with Crippen LogP contribution in [0.3, 0.4) is 0 Å². The van der Waals surface area contributed by atoms with Crippen LogP contribution in [0.15, 0.2) is 36.4 Å². The van der Waals surface area contributed by atoms with Gasteiger partial charge < -0.3 is 5.32 Å². The molecule has 0 saturated carbocycles. The predicted octanol–water partition coefficient (Wildman–Crippen LogP) is 4.13. The SMILES string of the molecule is CNC(Cc1ccc2c(c1)CCC2)c1cc(F)ccc1C. The zero-order chi connectivity index (χ0) is 14.8. The van der Waals surface area contributed by atoms with Crippen molar-refractivity contribution >= 4 is 0 Å². The highest BCUT2D eigenvalue weighted by Crippen LogP contribution is 2.27. The van der Waals surface area contributed by atoms with Crippen molar-refractivity contribution in [1.29, 1.82) is 0 Å². The Labute approximate surface area is 126 Å². The third-order valence-electron chi connectivity index (χ3n) is 4.57. The number of rotatable bonds is 4. The molecule has 1 aliphatic rings. The van der Waals surface area contributed by atoms with E-state index in [9.17, 15) is 4.39 Å². The van der Waals surface area contributed by atoms with Gasteiger partial charge in [0.1, 0.15) is 5.82 Å². The van der Waals surface area contributed by atoms with Crippen molar-refractivity contribution < 1.29 is 4.39 Å². The first-order valence-electron chi connectivity index (χ1n) is 7.71. The number of halogens is 1. The molecule has 1 N–H and O–H groups in total. The van der Waals surface area contributed by atoms with Crippen molar-refractivity contribution in [3.63, 3.8) is 0 Å². The Morgan fingerprint density at radius 1 is 1.10 bits per heavy atom. The molecule has 1 nitrogen and oxygen atoms in total. The molecule has 0 bridgehead atoms. The Balaban J connectivity index is 1.86. The van der Waals surface area contributed by atoms with E-state index in [1.165, 1.54) is 42.0 Å². The van der Waals surface area contributed by atoms with Crippen LogP contribution in [0.2, 0.25) is 0 Å². The Morgan fingerprint density at radius 3 is 2.71 bits per heavy atom. The predicted molar refractivity (Wildman–Crippen MR) is 85.1 cm³/mol. The Bertz CT molecular complexity index is 648. The summed E-state index contributed by atoms with van der Waals surface area (Å²) in [6.07, 6.45) is 4.59. The van der Waals surface area contributed by atoms with E-state index in [1.54, 1.807) is 6.07 Å². The first-order chi connectivity index (χ1) is 10.2. The quantitative estimate of drug-likeness (QED) is 0.889. The van der Waals surface area contributed by atoms with Crippen LogP contribution in [0.25, 0.3) is 0 Å². The van der Waals surface area contributed by atoms with Gasteiger partial charge in [-0.2, -0.15) is 0 Å². The van der Waals surface area contributed by atoms with Gasteiger partial charge in [0, 0.05) is 6.04 Å². The first kappa shape index (κ1) is 14.3. The summed E-state index contributed by atoms with van der Waals surface area (Å²) in [5.74, 6) is -0.162. The summed E-state index contributed by atoms with van der Waals surface area (Å²) < 4.78 is 13.5. The van der Waals surface area contributed by atoms with Gasteiger partial charge in [-0.15, -0.1) is 0 Å². The van der Waals surface area contributed by atoms with E-state index in [1.807, 2.05) is 20.0 Å². The molecule has 1 aliphatic carbocycles. The molecule has 2 aromatic carbocycles. The summed E-state index contributed by atoms with van der Waals surface area (Å²) in [6, 6.07) is 12.0. The molecule has 0 spiro atoms. The van der Waals surface area contributed by atoms with Gasteiger partial charge in [-0.05, 0) is 79.6 Å². The molecule has 21 heavy (non-hydrogen) atoms. The number of nitrogens with one attached hydrogen (secondary N) is 1. The normalized spacial score (nSPS) is 15.0. The van der Waals surface area contributed by atoms with Gasteiger partial charge in [0.2, 0.25) is 0 Å². The molecule has 1 unspecified atom stereocenters. The van der Waals surface area contributed by atoms with E-state index in [4.69, 9.17) is 0 Å². The summed E-state index contributed by atoms with van der Waals surface area (Å²) in [5.41, 5.74) is 6.52. The highest BCUT2D eigenvalue weighted by molar-refractivity contribution is 5.37. The molecule has 0 saturated heterocycles. The second-order valence-electron chi connectivity index (χ2n) is 6.00. The average Bonchev–Trinajstić information content (AvgIpc) is 2.95. The number of fused-ring (bicyclic) bond motifs is 1. The lowest BCUT2D eigenvalue weighted by Crippen LogP contribution is -2.20. The molecule has 2 heteroatoms. The summed E-state index contributed by atoms with van der Waals surface area (Å²) in [7, 11) is 1.95. The van der Waals surface area contributed by atoms with Gasteiger partial charge in [0.25, 0.3) is 0 Å². The van der Waals surface area contributed by atoms with Crippen LogP contribution in [0.5, 0.6) is 0 Å². The van der Waals surface area contributed by atoms with E-state index in [2.05, 4.69) is 23.5 Å². The van der Waals surface area contributed by atoms with Gasteiger partial charge in [-0.1, -0.05) is 24.3 Å². The maximum Gasteiger partial charge on any atom is 0.123 e. The van der Waals surface area contributed by atoms with Crippen LogP contribution in [-0.4, -0.2) is 7.05 Å². The number of aryl methyl sites for hydroxylation is 3. The molecule has 0 fully saturated rings. The zero-order valence-electron chi connectivity index (χ0n) is 12.7. The molecule has 0 aliphatic heterocycles. The summed E-state index contributed by atoms with van der Waals surface area (Å²) in [5, 5.41) is 3.34. The summed E-state index contributed by atoms with van der Waals surface area (Å²) in [4.78, 5) is 0. The minimum Gasteiger partial charge on any atom is -0.313 e. The minimum absolute atomic E-state index is 0.153. The smallest absolute Gasteiger partial charge is 0.123 e. The van der Waals surface area contributed by atoms with Crippen molar-refractivity contribution in [2.45, 2.75) is 38.6 Å². The van der Waals surface area contributed by atoms with E-state index in [0.717, 1.165) is 17.5 Å². The van der Waals surface area contributed by atoms with Crippen molar-refractivity contribution in [3.8, 4) is 0 Å². The van der Waals surface area contributed by atoms with Crippen LogP contribution in [0, 0.1) is 12.7 Å². The number of hydrogen-bond acceptors (Lipinski definition) is 1. The van der Waals surface area contributed by atoms with Crippen LogP contribution >= 0.6 is 0 Å². The minimum atomic E-state index is -0.162. The monoisotopic (exact) mass is 283 g/mol. The number of hydrogen-bond donors (Lipinski definition) is 1. The van der Waals surface area contributed by atoms with E-state index in [0.29, 0.717) is 0 Å². The van der Waals surface area contributed by atoms with Crippen LogP contribution in [0.1, 0.15) is 40.3 Å². The van der Waals surface area contributed by atoms with Crippen LogP contribution in [0.4, 0.5) is 4.39 Å². The lowest BCUT2D eigenvalue weighted by atomic mass is 9.94. The van der Waals surface area contributed by atoms with E-state index < -0.39 is 0 Å². The van der Waals surface area contributed by atoms with Crippen LogP contribution < -0.4 is 5.32 Å². The number of likely N-dealkylation sites (N-methyl/N-ethyl adjacent to an activating group) is 1. The third-order valence-corrected chi connectivity index (χ3v) is 4.57. The standard InChI is InChI=1S/C19H22FN/c1-13-6-9-17(20)12-18(13)19(21-2)11-14-7-8-15-4-3-5-16(15)10-14/h6-10,12,19,21H,3-5,11H2,1-2H3. The first-order valence-corrected chi connectivity index (χ1v) is 7.71. The molecule has 0 radical (unpaired) electrons. The summed E-state index contributed by atoms with van der Waals surface area (Å²) in [6.45, 7) is 2.04. The molecular formula is C19H22FN. The van der Waals surface area contributed by atoms with Crippen molar-refractivity contribution in [2.75, 3.05) is 7.05 Å². The Kier molecular flexibility index (Phi) is 4.07. The fourth-order valence-corrected chi connectivity index (χ4v) is 3.34. The van der Waals surface area contributed by atoms with Crippen molar-refractivity contribution in [1.82, 2.24) is 5.32 Å². The fourth-order valence-electron chi connectivity index (χ4n) is 3.34. The van der Waals surface area contributed by atoms with Gasteiger partial charge in [0.15, 0.2) is 0 Å². The molecule has 1 atom stereocenters. The molecular weight excluding hydrogens is 261 g/mol. The highest BCUT2D eigenvalue weighted by atomic mass is 19.1. The molecule has 110 valence electrons. The lowest BCUT2D eigenvalue weighted by Gasteiger charge is -2.19. The molecule has 3 rings (SSSR count). The van der Waals surface area contributed by atoms with Gasteiger partial charge >= 0.3 is 0 Å². The second-order valence-corrected chi connectivity index (χ2v) is 6.00. The summed E-state index contributed by atoms with van der Waals surface area (Å²) >= 11 is 0. The van der Waals surface area contributed by atoms with E-state index >= 15 is 0 Å². The third kappa shape index (κ3) is 3.01. The molecule has 2 aromatic rings. The van der Waals surface area contributed by atoms with Crippen molar-refractivity contribution in [2.24, 2.45) is 0 Å². The fraction of sp³-hybridized carbons (Fsp3) is 0.368. The number of benzene rings is 2. The topological polar surface area (TPSA) is 12.0 Å². The average molecular weight is 283 g/mol. The molecule has 0 heterocycles. The maximum atomic E-state index is 13.5. The van der Waals surface area contributed by atoms with Gasteiger partial charge in [0.05, 0.1) is 0 Å². The zero-order valence-corrected chi connectivity index (χ0v) is 12.7. The highest BCUT2D eigenvalue weighted by Gasteiger charge is 2.16. The van der Waals surface area contributed by atoms with Gasteiger partial charge in [-0.25, -0.2) is 4.39 Å².